The summed E-state index contributed by atoms with van der Waals surface area (Å²) in [4.78, 5) is 14.3. The molecule has 0 spiro atoms. The summed E-state index contributed by atoms with van der Waals surface area (Å²) in [6.45, 7) is 7.23. The number of amides is 1. The number of hydrogen-bond acceptors (Lipinski definition) is 3. The number of piperidine rings is 1. The molecule has 1 aliphatic heterocycles. The average molecular weight is 318 g/mol. The molecule has 2 rings (SSSR count). The summed E-state index contributed by atoms with van der Waals surface area (Å²) in [7, 11) is 0. The van der Waals surface area contributed by atoms with E-state index in [9.17, 15) is 4.79 Å². The zero-order valence-electron chi connectivity index (χ0n) is 14.3. The van der Waals surface area contributed by atoms with E-state index in [-0.39, 0.29) is 5.91 Å². The zero-order chi connectivity index (χ0) is 16.3. The molecule has 0 bridgehead atoms. The molecule has 1 aromatic rings. The minimum Gasteiger partial charge on any atom is -0.494 e. The van der Waals surface area contributed by atoms with E-state index in [1.54, 1.807) is 0 Å². The van der Waals surface area contributed by atoms with Crippen LogP contribution in [-0.4, -0.2) is 43.6 Å². The van der Waals surface area contributed by atoms with Crippen molar-refractivity contribution < 1.29 is 9.53 Å². The second-order valence-electron chi connectivity index (χ2n) is 6.49. The molecule has 1 fully saturated rings. The number of nitrogens with zero attached hydrogens (tertiary/aromatic N) is 1. The van der Waals surface area contributed by atoms with Crippen LogP contribution in [0.4, 0.5) is 0 Å². The Morgan fingerprint density at radius 3 is 2.70 bits per heavy atom. The molecule has 23 heavy (non-hydrogen) atoms. The smallest absolute Gasteiger partial charge is 0.220 e. The molecule has 0 aromatic heterocycles. The molecule has 1 saturated heterocycles. The van der Waals surface area contributed by atoms with Gasteiger partial charge in [-0.3, -0.25) is 4.79 Å². The van der Waals surface area contributed by atoms with Crippen LogP contribution in [0.15, 0.2) is 30.3 Å². The maximum atomic E-state index is 11.8. The van der Waals surface area contributed by atoms with Gasteiger partial charge in [-0.25, -0.2) is 0 Å². The molecular weight excluding hydrogens is 288 g/mol. The van der Waals surface area contributed by atoms with Crippen molar-refractivity contribution in [2.45, 2.75) is 39.0 Å². The van der Waals surface area contributed by atoms with Crippen LogP contribution in [0, 0.1) is 5.92 Å². The number of rotatable bonds is 9. The van der Waals surface area contributed by atoms with Gasteiger partial charge >= 0.3 is 0 Å². The van der Waals surface area contributed by atoms with Gasteiger partial charge in [0.15, 0.2) is 0 Å². The van der Waals surface area contributed by atoms with Crippen molar-refractivity contribution in [1.82, 2.24) is 10.2 Å². The van der Waals surface area contributed by atoms with E-state index in [2.05, 4.69) is 17.1 Å². The summed E-state index contributed by atoms with van der Waals surface area (Å²) in [6.07, 6.45) is 4.96. The Morgan fingerprint density at radius 1 is 1.22 bits per heavy atom. The molecule has 0 unspecified atom stereocenters. The zero-order valence-corrected chi connectivity index (χ0v) is 14.3. The van der Waals surface area contributed by atoms with Gasteiger partial charge in [0.05, 0.1) is 6.61 Å². The lowest BCUT2D eigenvalue weighted by Crippen LogP contribution is -2.35. The van der Waals surface area contributed by atoms with Crippen LogP contribution in [0.25, 0.3) is 0 Å². The number of benzene rings is 1. The largest absolute Gasteiger partial charge is 0.494 e. The van der Waals surface area contributed by atoms with Gasteiger partial charge in [0.2, 0.25) is 5.91 Å². The normalized spacial score (nSPS) is 16.2. The number of para-hydroxylation sites is 1. The maximum Gasteiger partial charge on any atom is 0.220 e. The monoisotopic (exact) mass is 318 g/mol. The second kappa shape index (κ2) is 10.3. The molecule has 0 atom stereocenters. The Bertz CT molecular complexity index is 442. The van der Waals surface area contributed by atoms with Crippen molar-refractivity contribution in [3.63, 3.8) is 0 Å². The Hall–Kier alpha value is -1.55. The van der Waals surface area contributed by atoms with Crippen molar-refractivity contribution >= 4 is 5.91 Å². The predicted molar refractivity (Wildman–Crippen MR) is 93.6 cm³/mol. The van der Waals surface area contributed by atoms with Crippen LogP contribution in [-0.2, 0) is 4.79 Å². The van der Waals surface area contributed by atoms with E-state index in [1.165, 1.54) is 25.9 Å². The van der Waals surface area contributed by atoms with E-state index in [4.69, 9.17) is 4.74 Å². The Morgan fingerprint density at radius 2 is 1.96 bits per heavy atom. The first-order valence-corrected chi connectivity index (χ1v) is 8.91. The molecule has 0 aliphatic carbocycles. The van der Waals surface area contributed by atoms with Crippen molar-refractivity contribution in [3.05, 3.63) is 30.3 Å². The lowest BCUT2D eigenvalue weighted by atomic mass is 9.99. The van der Waals surface area contributed by atoms with Gasteiger partial charge in [-0.15, -0.1) is 0 Å². The van der Waals surface area contributed by atoms with Gasteiger partial charge in [-0.05, 0) is 63.4 Å². The molecule has 128 valence electrons. The summed E-state index contributed by atoms with van der Waals surface area (Å²) in [5.74, 6) is 1.88. The average Bonchev–Trinajstić information content (AvgIpc) is 2.58. The van der Waals surface area contributed by atoms with Gasteiger partial charge < -0.3 is 15.0 Å². The number of nitrogens with one attached hydrogen (secondary N) is 1. The third kappa shape index (κ3) is 7.51. The van der Waals surface area contributed by atoms with Gasteiger partial charge in [0, 0.05) is 13.0 Å². The second-order valence-corrected chi connectivity index (χ2v) is 6.49. The van der Waals surface area contributed by atoms with Crippen molar-refractivity contribution in [3.8, 4) is 5.75 Å². The standard InChI is InChI=1S/C19H30N2O2/c1-17-10-14-21(15-11-17)13-6-12-20-19(22)9-5-16-23-18-7-3-2-4-8-18/h2-4,7-8,17H,5-6,9-16H2,1H3,(H,20,22). The first-order valence-electron chi connectivity index (χ1n) is 8.91. The Kier molecular flexibility index (Phi) is 7.95. The molecule has 4 nitrogen and oxygen atoms in total. The predicted octanol–water partition coefficient (Wildman–Crippen LogP) is 3.08. The molecule has 4 heteroatoms. The van der Waals surface area contributed by atoms with Gasteiger partial charge in [0.1, 0.15) is 5.75 Å². The van der Waals surface area contributed by atoms with E-state index < -0.39 is 0 Å². The third-order valence-electron chi connectivity index (χ3n) is 4.41. The molecule has 1 aliphatic rings. The van der Waals surface area contributed by atoms with E-state index in [0.29, 0.717) is 13.0 Å². The fraction of sp³-hybridized carbons (Fsp3) is 0.632. The molecule has 1 amide bonds. The van der Waals surface area contributed by atoms with E-state index >= 15 is 0 Å². The quantitative estimate of drug-likeness (QED) is 0.712. The highest BCUT2D eigenvalue weighted by Gasteiger charge is 2.14. The maximum absolute atomic E-state index is 11.8. The van der Waals surface area contributed by atoms with Crippen LogP contribution in [0.1, 0.15) is 39.0 Å². The lowest BCUT2D eigenvalue weighted by molar-refractivity contribution is -0.121. The van der Waals surface area contributed by atoms with Gasteiger partial charge in [-0.1, -0.05) is 25.1 Å². The van der Waals surface area contributed by atoms with Gasteiger partial charge in [-0.2, -0.15) is 0 Å². The van der Waals surface area contributed by atoms with Crippen LogP contribution >= 0.6 is 0 Å². The molecule has 1 heterocycles. The molecule has 0 saturated carbocycles. The van der Waals surface area contributed by atoms with Gasteiger partial charge in [0.25, 0.3) is 0 Å². The van der Waals surface area contributed by atoms with E-state index in [0.717, 1.165) is 37.6 Å². The fourth-order valence-electron chi connectivity index (χ4n) is 2.84. The van der Waals surface area contributed by atoms with E-state index in [1.807, 2.05) is 30.3 Å². The lowest BCUT2D eigenvalue weighted by Gasteiger charge is -2.30. The van der Waals surface area contributed by atoms with Crippen molar-refractivity contribution in [2.24, 2.45) is 5.92 Å². The number of carbonyl (C=O) groups is 1. The number of likely N-dealkylation sites (tertiary alicyclic amines) is 1. The summed E-state index contributed by atoms with van der Waals surface area (Å²) in [6, 6.07) is 9.73. The fourth-order valence-corrected chi connectivity index (χ4v) is 2.84. The molecular formula is C19H30N2O2. The molecule has 1 N–H and O–H groups in total. The Balaban J connectivity index is 1.44. The van der Waals surface area contributed by atoms with Crippen LogP contribution < -0.4 is 10.1 Å². The Labute approximate surface area is 140 Å². The molecule has 0 radical (unpaired) electrons. The minimum absolute atomic E-state index is 0.133. The first-order chi connectivity index (χ1) is 11.2. The number of carbonyl (C=O) groups excluding carboxylic acids is 1. The summed E-state index contributed by atoms with van der Waals surface area (Å²) >= 11 is 0. The number of ether oxygens (including phenoxy) is 1. The van der Waals surface area contributed by atoms with Crippen LogP contribution in [0.5, 0.6) is 5.75 Å². The van der Waals surface area contributed by atoms with Crippen LogP contribution in [0.2, 0.25) is 0 Å². The molecule has 1 aromatic carbocycles. The first kappa shape index (κ1) is 17.8. The van der Waals surface area contributed by atoms with Crippen molar-refractivity contribution in [2.75, 3.05) is 32.8 Å². The highest BCUT2D eigenvalue weighted by molar-refractivity contribution is 5.75. The van der Waals surface area contributed by atoms with Crippen molar-refractivity contribution in [1.29, 1.82) is 0 Å². The number of hydrogen-bond donors (Lipinski definition) is 1. The summed E-state index contributed by atoms with van der Waals surface area (Å²) < 4.78 is 5.58. The summed E-state index contributed by atoms with van der Waals surface area (Å²) in [5.41, 5.74) is 0. The highest BCUT2D eigenvalue weighted by atomic mass is 16.5. The van der Waals surface area contributed by atoms with Crippen LogP contribution in [0.3, 0.4) is 0 Å². The minimum atomic E-state index is 0.133. The SMILES string of the molecule is CC1CCN(CCCNC(=O)CCCOc2ccccc2)CC1. The summed E-state index contributed by atoms with van der Waals surface area (Å²) in [5, 5.41) is 3.01. The topological polar surface area (TPSA) is 41.6 Å². The highest BCUT2D eigenvalue weighted by Crippen LogP contribution is 2.15. The third-order valence-corrected chi connectivity index (χ3v) is 4.41.